The van der Waals surface area contributed by atoms with Gasteiger partial charge in [0, 0.05) is 11.1 Å². The fraction of sp³-hybridized carbons (Fsp3) is 0.280. The van der Waals surface area contributed by atoms with Crippen molar-refractivity contribution < 1.29 is 4.57 Å². The quantitative estimate of drug-likeness (QED) is 0.300. The predicted molar refractivity (Wildman–Crippen MR) is 117 cm³/mol. The molecule has 0 bridgehead atoms. The molecule has 0 radical (unpaired) electrons. The number of hydrogen-bond donors (Lipinski definition) is 0. The van der Waals surface area contributed by atoms with Gasteiger partial charge in [-0.1, -0.05) is 32.0 Å². The molecule has 3 heterocycles. The van der Waals surface area contributed by atoms with Gasteiger partial charge >= 0.3 is 0 Å². The van der Waals surface area contributed by atoms with Gasteiger partial charge in [0.1, 0.15) is 5.52 Å². The molecule has 0 spiro atoms. The molecule has 0 aliphatic rings. The lowest BCUT2D eigenvalue weighted by Gasteiger charge is -2.10. The van der Waals surface area contributed by atoms with Crippen molar-refractivity contribution in [2.75, 3.05) is 0 Å². The van der Waals surface area contributed by atoms with Gasteiger partial charge in [-0.05, 0) is 67.6 Å². The summed E-state index contributed by atoms with van der Waals surface area (Å²) < 4.78 is 4.75. The van der Waals surface area contributed by atoms with Crippen molar-refractivity contribution in [3.63, 3.8) is 0 Å². The Morgan fingerprint density at radius 2 is 1.79 bits per heavy atom. The van der Waals surface area contributed by atoms with Gasteiger partial charge in [0.05, 0.1) is 18.0 Å². The zero-order valence-corrected chi connectivity index (χ0v) is 17.2. The van der Waals surface area contributed by atoms with Crippen LogP contribution in [0.2, 0.25) is 0 Å². The Balaban J connectivity index is 2.11. The van der Waals surface area contributed by atoms with E-state index in [0.29, 0.717) is 5.92 Å². The Kier molecular flexibility index (Phi) is 3.70. The van der Waals surface area contributed by atoms with Crippen LogP contribution in [0, 0.1) is 19.8 Å². The number of pyridine rings is 2. The zero-order chi connectivity index (χ0) is 19.6. The minimum absolute atomic E-state index is 0.633. The Labute approximate surface area is 165 Å². The normalized spacial score (nSPS) is 12.2. The van der Waals surface area contributed by atoms with Crippen molar-refractivity contribution in [2.45, 2.75) is 34.1 Å². The Morgan fingerprint density at radius 1 is 1.00 bits per heavy atom. The number of fused-ring (bicyclic) bond motifs is 8. The van der Waals surface area contributed by atoms with Gasteiger partial charge in [-0.3, -0.25) is 4.98 Å². The number of aryl methyl sites for hydroxylation is 3. The number of benzene rings is 2. The van der Waals surface area contributed by atoms with Crippen LogP contribution in [0.4, 0.5) is 0 Å². The SMILES string of the molecule is Cc1cc(C)c2c(n1)c1ccc(CC(C)C)cc1n1c3ccccc3[n+](C)c21. The highest BCUT2D eigenvalue weighted by atomic mass is 15.1. The molecule has 3 nitrogen and oxygen atoms in total. The topological polar surface area (TPSA) is 21.2 Å². The molecule has 0 atom stereocenters. The Bertz CT molecular complexity index is 1390. The van der Waals surface area contributed by atoms with Crippen LogP contribution in [0.25, 0.3) is 38.5 Å². The maximum Gasteiger partial charge on any atom is 0.297 e. The van der Waals surface area contributed by atoms with E-state index in [4.69, 9.17) is 4.98 Å². The second kappa shape index (κ2) is 6.03. The fourth-order valence-electron chi connectivity index (χ4n) is 4.71. The van der Waals surface area contributed by atoms with E-state index in [1.807, 2.05) is 0 Å². The van der Waals surface area contributed by atoms with Crippen molar-refractivity contribution in [3.8, 4) is 0 Å². The van der Waals surface area contributed by atoms with E-state index >= 15 is 0 Å². The molecule has 3 heteroatoms. The molecular weight excluding hydrogens is 342 g/mol. The van der Waals surface area contributed by atoms with Crippen LogP contribution in [-0.2, 0) is 13.5 Å². The largest absolute Gasteiger partial charge is 0.297 e. The summed E-state index contributed by atoms with van der Waals surface area (Å²) >= 11 is 0. The first-order chi connectivity index (χ1) is 13.5. The molecule has 0 aliphatic heterocycles. The Morgan fingerprint density at radius 3 is 2.57 bits per heavy atom. The van der Waals surface area contributed by atoms with E-state index in [9.17, 15) is 0 Å². The summed E-state index contributed by atoms with van der Waals surface area (Å²) in [5, 5.41) is 2.47. The molecule has 5 aromatic rings. The zero-order valence-electron chi connectivity index (χ0n) is 17.2. The maximum absolute atomic E-state index is 4.99. The van der Waals surface area contributed by atoms with Gasteiger partial charge in [0.25, 0.3) is 5.65 Å². The summed E-state index contributed by atoms with van der Waals surface area (Å²) in [6, 6.07) is 17.8. The number of para-hydroxylation sites is 2. The van der Waals surface area contributed by atoms with E-state index in [-0.39, 0.29) is 0 Å². The highest BCUT2D eigenvalue weighted by molar-refractivity contribution is 6.12. The summed E-state index contributed by atoms with van der Waals surface area (Å²) in [7, 11) is 2.17. The maximum atomic E-state index is 4.99. The van der Waals surface area contributed by atoms with Gasteiger partial charge in [0.2, 0.25) is 0 Å². The van der Waals surface area contributed by atoms with Crippen LogP contribution in [0.15, 0.2) is 48.5 Å². The molecule has 28 heavy (non-hydrogen) atoms. The second-order valence-corrected chi connectivity index (χ2v) is 8.46. The summed E-state index contributed by atoms with van der Waals surface area (Å²) in [6.07, 6.45) is 1.08. The van der Waals surface area contributed by atoms with Crippen molar-refractivity contribution in [1.82, 2.24) is 9.38 Å². The molecule has 0 unspecified atom stereocenters. The van der Waals surface area contributed by atoms with Gasteiger partial charge < -0.3 is 0 Å². The number of rotatable bonds is 2. The molecule has 2 aromatic carbocycles. The van der Waals surface area contributed by atoms with Gasteiger partial charge in [-0.25, -0.2) is 4.57 Å². The summed E-state index contributed by atoms with van der Waals surface area (Å²) in [5.41, 5.74) is 9.78. The minimum atomic E-state index is 0.633. The minimum Gasteiger partial charge on any atom is -0.252 e. The average Bonchev–Trinajstić information content (AvgIpc) is 2.94. The third-order valence-electron chi connectivity index (χ3n) is 5.78. The fourth-order valence-corrected chi connectivity index (χ4v) is 4.71. The van der Waals surface area contributed by atoms with Crippen molar-refractivity contribution in [3.05, 3.63) is 65.4 Å². The van der Waals surface area contributed by atoms with Crippen LogP contribution in [-0.4, -0.2) is 9.38 Å². The van der Waals surface area contributed by atoms with E-state index in [1.54, 1.807) is 0 Å². The number of imidazole rings is 1. The summed E-state index contributed by atoms with van der Waals surface area (Å²) in [5.74, 6) is 0.633. The molecule has 0 saturated heterocycles. The molecular formula is C25H26N3+. The highest BCUT2D eigenvalue weighted by Gasteiger charge is 2.25. The molecule has 5 rings (SSSR count). The van der Waals surface area contributed by atoms with Crippen LogP contribution in [0.1, 0.15) is 30.7 Å². The van der Waals surface area contributed by atoms with E-state index in [2.05, 4.69) is 92.2 Å². The van der Waals surface area contributed by atoms with Crippen LogP contribution >= 0.6 is 0 Å². The van der Waals surface area contributed by atoms with Gasteiger partial charge in [-0.15, -0.1) is 0 Å². The standard InChI is InChI=1S/C25H26N3/c1-15(2)12-18-10-11-19-22(14-18)28-21-9-7-6-8-20(21)27(5)25(28)23-16(3)13-17(4)26-24(19)23/h6-11,13-15H,12H2,1-5H3/q+1. The van der Waals surface area contributed by atoms with Crippen LogP contribution in [0.5, 0.6) is 0 Å². The lowest BCUT2D eigenvalue weighted by atomic mass is 9.99. The molecule has 0 aliphatic carbocycles. The molecule has 3 aromatic heterocycles. The van der Waals surface area contributed by atoms with E-state index in [0.717, 1.165) is 17.6 Å². The monoisotopic (exact) mass is 368 g/mol. The molecule has 0 N–H and O–H groups in total. The summed E-state index contributed by atoms with van der Waals surface area (Å²) in [6.45, 7) is 8.84. The number of aromatic nitrogens is 3. The van der Waals surface area contributed by atoms with Crippen LogP contribution in [0.3, 0.4) is 0 Å². The second-order valence-electron chi connectivity index (χ2n) is 8.46. The first-order valence-electron chi connectivity index (χ1n) is 10.1. The van der Waals surface area contributed by atoms with Gasteiger partial charge in [0.15, 0.2) is 11.0 Å². The predicted octanol–water partition coefficient (Wildman–Crippen LogP) is 5.43. The third-order valence-corrected chi connectivity index (χ3v) is 5.78. The summed E-state index contributed by atoms with van der Waals surface area (Å²) in [4.78, 5) is 4.99. The molecule has 0 amide bonds. The Hall–Kier alpha value is -2.94. The van der Waals surface area contributed by atoms with Crippen molar-refractivity contribution in [2.24, 2.45) is 13.0 Å². The lowest BCUT2D eigenvalue weighted by molar-refractivity contribution is -0.617. The van der Waals surface area contributed by atoms with E-state index < -0.39 is 0 Å². The first kappa shape index (κ1) is 17.2. The molecule has 140 valence electrons. The van der Waals surface area contributed by atoms with Crippen molar-refractivity contribution >= 4 is 38.5 Å². The average molecular weight is 369 g/mol. The lowest BCUT2D eigenvalue weighted by Crippen LogP contribution is -2.27. The van der Waals surface area contributed by atoms with E-state index in [1.165, 1.54) is 44.1 Å². The number of hydrogen-bond acceptors (Lipinski definition) is 1. The van der Waals surface area contributed by atoms with Crippen molar-refractivity contribution in [1.29, 1.82) is 0 Å². The smallest absolute Gasteiger partial charge is 0.252 e. The molecule has 0 fully saturated rings. The highest BCUT2D eigenvalue weighted by Crippen LogP contribution is 2.33. The van der Waals surface area contributed by atoms with Crippen LogP contribution < -0.4 is 4.57 Å². The number of nitrogens with zero attached hydrogens (tertiary/aromatic N) is 3. The van der Waals surface area contributed by atoms with Gasteiger partial charge in [-0.2, -0.15) is 4.40 Å². The first-order valence-corrected chi connectivity index (χ1v) is 10.1. The third kappa shape index (κ3) is 2.35. The molecule has 0 saturated carbocycles.